The van der Waals surface area contributed by atoms with Crippen molar-refractivity contribution in [2.45, 2.75) is 34.2 Å². The standard InChI is InChI=1S/C19H25N3OS/c1-12-8-7-9-13(2)17(12)21-19(24)22(5)11-16-15(4)18(23-6)14(3)10-20-16/h7-10H,11H2,1-6H3,(H,21,24). The van der Waals surface area contributed by atoms with Crippen LogP contribution in [-0.4, -0.2) is 29.2 Å². The topological polar surface area (TPSA) is 37.4 Å². The van der Waals surface area contributed by atoms with E-state index in [1.807, 2.05) is 32.0 Å². The van der Waals surface area contributed by atoms with Crippen LogP contribution >= 0.6 is 12.2 Å². The van der Waals surface area contributed by atoms with Crippen LogP contribution in [0.2, 0.25) is 0 Å². The monoisotopic (exact) mass is 343 g/mol. The van der Waals surface area contributed by atoms with Gasteiger partial charge in [0.2, 0.25) is 0 Å². The molecule has 128 valence electrons. The number of para-hydroxylation sites is 1. The fourth-order valence-electron chi connectivity index (χ4n) is 2.74. The van der Waals surface area contributed by atoms with E-state index in [1.165, 1.54) is 11.1 Å². The van der Waals surface area contributed by atoms with Crippen LogP contribution in [0.5, 0.6) is 5.75 Å². The van der Waals surface area contributed by atoms with E-state index in [4.69, 9.17) is 17.0 Å². The second-order valence-corrected chi connectivity index (χ2v) is 6.49. The van der Waals surface area contributed by atoms with Crippen molar-refractivity contribution in [1.82, 2.24) is 9.88 Å². The van der Waals surface area contributed by atoms with Crippen LogP contribution in [0.15, 0.2) is 24.4 Å². The van der Waals surface area contributed by atoms with Crippen molar-refractivity contribution in [3.8, 4) is 5.75 Å². The van der Waals surface area contributed by atoms with Crippen molar-refractivity contribution >= 4 is 23.0 Å². The highest BCUT2D eigenvalue weighted by Crippen LogP contribution is 2.25. The summed E-state index contributed by atoms with van der Waals surface area (Å²) in [5, 5.41) is 4.03. The van der Waals surface area contributed by atoms with Crippen molar-refractivity contribution in [2.24, 2.45) is 0 Å². The van der Waals surface area contributed by atoms with Crippen molar-refractivity contribution in [3.05, 3.63) is 52.3 Å². The smallest absolute Gasteiger partial charge is 0.173 e. The number of nitrogens with zero attached hydrogens (tertiary/aromatic N) is 2. The first-order chi connectivity index (χ1) is 11.3. The minimum Gasteiger partial charge on any atom is -0.496 e. The third-order valence-corrected chi connectivity index (χ3v) is 4.61. The Hall–Kier alpha value is -2.14. The van der Waals surface area contributed by atoms with Gasteiger partial charge in [-0.1, -0.05) is 18.2 Å². The van der Waals surface area contributed by atoms with Crippen molar-refractivity contribution in [3.63, 3.8) is 0 Å². The van der Waals surface area contributed by atoms with Crippen LogP contribution in [0.4, 0.5) is 5.69 Å². The fourth-order valence-corrected chi connectivity index (χ4v) is 2.91. The molecule has 0 radical (unpaired) electrons. The Balaban J connectivity index is 2.15. The van der Waals surface area contributed by atoms with E-state index in [0.29, 0.717) is 11.7 Å². The number of rotatable bonds is 4. The molecule has 0 aliphatic rings. The number of pyridine rings is 1. The summed E-state index contributed by atoms with van der Waals surface area (Å²) in [5.41, 5.74) is 6.48. The number of benzene rings is 1. The number of aryl methyl sites for hydroxylation is 3. The van der Waals surface area contributed by atoms with Gasteiger partial charge >= 0.3 is 0 Å². The average Bonchev–Trinajstić information content (AvgIpc) is 2.54. The van der Waals surface area contributed by atoms with Gasteiger partial charge < -0.3 is 15.0 Å². The molecule has 0 amide bonds. The molecule has 1 heterocycles. The van der Waals surface area contributed by atoms with Crippen LogP contribution in [0.3, 0.4) is 0 Å². The molecule has 0 saturated carbocycles. The van der Waals surface area contributed by atoms with Gasteiger partial charge in [-0.3, -0.25) is 4.98 Å². The van der Waals surface area contributed by atoms with E-state index in [2.05, 4.69) is 42.3 Å². The zero-order valence-electron chi connectivity index (χ0n) is 15.2. The minimum absolute atomic E-state index is 0.624. The first kappa shape index (κ1) is 18.2. The maximum Gasteiger partial charge on any atom is 0.173 e. The third kappa shape index (κ3) is 3.85. The summed E-state index contributed by atoms with van der Waals surface area (Å²) in [6, 6.07) is 6.21. The Bertz CT molecular complexity index is 738. The van der Waals surface area contributed by atoms with E-state index >= 15 is 0 Å². The molecule has 0 saturated heterocycles. The van der Waals surface area contributed by atoms with Gasteiger partial charge in [-0.05, 0) is 51.0 Å². The van der Waals surface area contributed by atoms with Crippen molar-refractivity contribution < 1.29 is 4.74 Å². The molecule has 0 atom stereocenters. The van der Waals surface area contributed by atoms with E-state index in [1.54, 1.807) is 7.11 Å². The Labute approximate surface area is 149 Å². The zero-order chi connectivity index (χ0) is 17.9. The third-order valence-electron chi connectivity index (χ3n) is 4.20. The number of hydrogen-bond acceptors (Lipinski definition) is 3. The molecule has 5 heteroatoms. The van der Waals surface area contributed by atoms with Crippen LogP contribution in [0.25, 0.3) is 0 Å². The predicted octanol–water partition coefficient (Wildman–Crippen LogP) is 4.15. The molecule has 2 rings (SSSR count). The van der Waals surface area contributed by atoms with Gasteiger partial charge in [0, 0.05) is 30.1 Å². The zero-order valence-corrected chi connectivity index (χ0v) is 16.0. The second kappa shape index (κ2) is 7.62. The molecule has 4 nitrogen and oxygen atoms in total. The van der Waals surface area contributed by atoms with E-state index in [-0.39, 0.29) is 0 Å². The maximum atomic E-state index is 5.56. The molecule has 1 aromatic carbocycles. The van der Waals surface area contributed by atoms with Gasteiger partial charge in [-0.25, -0.2) is 0 Å². The molecular weight excluding hydrogens is 318 g/mol. The Morgan fingerprint density at radius 2 is 1.79 bits per heavy atom. The molecule has 0 bridgehead atoms. The summed E-state index contributed by atoms with van der Waals surface area (Å²) >= 11 is 5.56. The average molecular weight is 343 g/mol. The van der Waals surface area contributed by atoms with Crippen LogP contribution < -0.4 is 10.1 Å². The number of thiocarbonyl (C=S) groups is 1. The lowest BCUT2D eigenvalue weighted by molar-refractivity contribution is 0.404. The quantitative estimate of drug-likeness (QED) is 0.844. The Kier molecular flexibility index (Phi) is 5.78. The SMILES string of the molecule is COc1c(C)cnc(CN(C)C(=S)Nc2c(C)cccc2C)c1C. The lowest BCUT2D eigenvalue weighted by Gasteiger charge is -2.23. The molecule has 0 spiro atoms. The highest BCUT2D eigenvalue weighted by atomic mass is 32.1. The molecule has 0 fully saturated rings. The summed E-state index contributed by atoms with van der Waals surface area (Å²) in [5.74, 6) is 0.891. The molecule has 1 N–H and O–H groups in total. The first-order valence-electron chi connectivity index (χ1n) is 7.92. The number of methoxy groups -OCH3 is 1. The molecule has 1 aromatic heterocycles. The van der Waals surface area contributed by atoms with Crippen LogP contribution in [-0.2, 0) is 6.54 Å². The normalized spacial score (nSPS) is 10.4. The van der Waals surface area contributed by atoms with E-state index in [9.17, 15) is 0 Å². The number of hydrogen-bond donors (Lipinski definition) is 1. The maximum absolute atomic E-state index is 5.56. The van der Waals surface area contributed by atoms with Crippen molar-refractivity contribution in [1.29, 1.82) is 0 Å². The number of ether oxygens (including phenoxy) is 1. The minimum atomic E-state index is 0.624. The van der Waals surface area contributed by atoms with Gasteiger partial charge in [0.05, 0.1) is 19.3 Å². The number of aromatic nitrogens is 1. The molecule has 24 heavy (non-hydrogen) atoms. The lowest BCUT2D eigenvalue weighted by Crippen LogP contribution is -2.31. The fraction of sp³-hybridized carbons (Fsp3) is 0.368. The first-order valence-corrected chi connectivity index (χ1v) is 8.33. The molecule has 0 aliphatic carbocycles. The largest absolute Gasteiger partial charge is 0.496 e. The van der Waals surface area contributed by atoms with Crippen LogP contribution in [0.1, 0.15) is 27.9 Å². The highest BCUT2D eigenvalue weighted by Gasteiger charge is 2.14. The lowest BCUT2D eigenvalue weighted by atomic mass is 10.1. The van der Waals surface area contributed by atoms with E-state index < -0.39 is 0 Å². The second-order valence-electron chi connectivity index (χ2n) is 6.10. The van der Waals surface area contributed by atoms with Gasteiger partial charge in [0.15, 0.2) is 5.11 Å². The Morgan fingerprint density at radius 1 is 1.17 bits per heavy atom. The number of anilines is 1. The van der Waals surface area contributed by atoms with Gasteiger partial charge in [0.25, 0.3) is 0 Å². The Morgan fingerprint density at radius 3 is 2.38 bits per heavy atom. The molecule has 0 unspecified atom stereocenters. The van der Waals surface area contributed by atoms with Gasteiger partial charge in [0.1, 0.15) is 5.75 Å². The van der Waals surface area contributed by atoms with E-state index in [0.717, 1.165) is 28.3 Å². The van der Waals surface area contributed by atoms with Gasteiger partial charge in [-0.15, -0.1) is 0 Å². The molecule has 0 aliphatic heterocycles. The van der Waals surface area contributed by atoms with Crippen LogP contribution in [0, 0.1) is 27.7 Å². The van der Waals surface area contributed by atoms with Gasteiger partial charge in [-0.2, -0.15) is 0 Å². The summed E-state index contributed by atoms with van der Waals surface area (Å²) < 4.78 is 5.48. The summed E-state index contributed by atoms with van der Waals surface area (Å²) in [6.07, 6.45) is 1.84. The van der Waals surface area contributed by atoms with Crippen molar-refractivity contribution in [2.75, 3.05) is 19.5 Å². The summed E-state index contributed by atoms with van der Waals surface area (Å²) in [6.45, 7) is 8.81. The highest BCUT2D eigenvalue weighted by molar-refractivity contribution is 7.80. The predicted molar refractivity (Wildman–Crippen MR) is 104 cm³/mol. The summed E-state index contributed by atoms with van der Waals surface area (Å²) in [4.78, 5) is 6.53. The molecular formula is C19H25N3OS. The summed E-state index contributed by atoms with van der Waals surface area (Å²) in [7, 11) is 3.66. The number of nitrogens with one attached hydrogen (secondary N) is 1. The molecule has 2 aromatic rings.